The predicted octanol–water partition coefficient (Wildman–Crippen LogP) is 6.21. The first-order chi connectivity index (χ1) is 8.83. The molecule has 0 rings (SSSR count). The van der Waals surface area contributed by atoms with Gasteiger partial charge in [0.2, 0.25) is 4.91 Å². The molecule has 3 heteroatoms. The Morgan fingerprint density at radius 3 is 0.833 bits per heavy atom. The Kier molecular flexibility index (Phi) is 23.6. The molecule has 0 aromatic heterocycles. The van der Waals surface area contributed by atoms with Gasteiger partial charge >= 0.3 is 0 Å². The second-order valence-corrected chi connectivity index (χ2v) is 5.00. The Labute approximate surface area is 114 Å². The van der Waals surface area contributed by atoms with Crippen LogP contribution in [0.25, 0.3) is 0 Å². The topological polar surface area (TPSA) is 61.8 Å². The molecule has 0 fully saturated rings. The molecule has 18 heavy (non-hydrogen) atoms. The molecule has 0 saturated carbocycles. The molecular weight excluding hydrogens is 222 g/mol. The van der Waals surface area contributed by atoms with E-state index in [0.717, 1.165) is 0 Å². The minimum atomic E-state index is 1.37. The Bertz CT molecular complexity index is 151. The fourth-order valence-electron chi connectivity index (χ4n) is 2.09. The van der Waals surface area contributed by atoms with Crippen LogP contribution in [0.1, 0.15) is 97.3 Å². The molecule has 3 nitrogen and oxygen atoms in total. The highest BCUT2D eigenvalue weighted by Crippen LogP contribution is 2.12. The molecule has 108 valence electrons. The Hall–Kier alpha value is -0.690. The second kappa shape index (κ2) is 21.6. The number of nitrogens with one attached hydrogen (secondary N) is 2. The lowest BCUT2D eigenvalue weighted by atomic mass is 10.1. The van der Waals surface area contributed by atoms with Crippen molar-refractivity contribution < 1.29 is 0 Å². The van der Waals surface area contributed by atoms with Crippen molar-refractivity contribution in [1.82, 2.24) is 4.91 Å². The van der Waals surface area contributed by atoms with Gasteiger partial charge in [-0.1, -0.05) is 97.3 Å². The number of hydrogen-bond acceptors (Lipinski definition) is 2. The maximum Gasteiger partial charge on any atom is 0.211 e. The quantitative estimate of drug-likeness (QED) is 0.237. The summed E-state index contributed by atoms with van der Waals surface area (Å²) in [4.78, 5) is 2.00. The number of hydrogen-bond donors (Lipinski definition) is 2. The molecule has 0 atom stereocenters. The molecule has 0 aliphatic heterocycles. The van der Waals surface area contributed by atoms with Crippen molar-refractivity contribution in [2.45, 2.75) is 97.3 Å². The van der Waals surface area contributed by atoms with E-state index in [9.17, 15) is 0 Å². The van der Waals surface area contributed by atoms with Crippen LogP contribution in [0.4, 0.5) is 0 Å². The standard InChI is InChI=1S/C15H32.H2N3/c1-3-5-7-9-11-13-15-14-12-10-8-6-4-2;1-3-2/h3-15H2,1-2H3;1-2H/q;+1. The SMILES string of the molecule is CCCCCCCCCCCCCCC.N=[N+]=N. The van der Waals surface area contributed by atoms with Crippen LogP contribution >= 0.6 is 0 Å². The average molecular weight is 256 g/mol. The summed E-state index contributed by atoms with van der Waals surface area (Å²) in [6.45, 7) is 4.58. The highest BCUT2D eigenvalue weighted by Gasteiger charge is 1.92. The molecule has 0 radical (unpaired) electrons. The lowest BCUT2D eigenvalue weighted by molar-refractivity contribution is 0.542. The van der Waals surface area contributed by atoms with Crippen molar-refractivity contribution in [1.29, 1.82) is 11.1 Å². The molecule has 0 heterocycles. The van der Waals surface area contributed by atoms with Gasteiger partial charge in [-0.3, -0.25) is 0 Å². The first kappa shape index (κ1) is 19.6. The average Bonchev–Trinajstić information content (AvgIpc) is 2.37. The lowest BCUT2D eigenvalue weighted by Gasteiger charge is -2.01. The number of nitrogens with zero attached hydrogens (tertiary/aromatic N) is 1. The van der Waals surface area contributed by atoms with Crippen LogP contribution in [0.5, 0.6) is 0 Å². The minimum absolute atomic E-state index is 1.37. The van der Waals surface area contributed by atoms with Crippen molar-refractivity contribution in [3.05, 3.63) is 0 Å². The molecule has 0 aromatic carbocycles. The van der Waals surface area contributed by atoms with Gasteiger partial charge in [0.15, 0.2) is 0 Å². The normalized spacial score (nSPS) is 9.44. The first-order valence-electron chi connectivity index (χ1n) is 7.86. The van der Waals surface area contributed by atoms with Gasteiger partial charge in [0, 0.05) is 0 Å². The third kappa shape index (κ3) is 24.5. The smallest absolute Gasteiger partial charge is 0.0654 e. The van der Waals surface area contributed by atoms with E-state index in [1.807, 2.05) is 4.91 Å². The molecular formula is C15H34N3+. The highest BCUT2D eigenvalue weighted by atomic mass is 15.0. The van der Waals surface area contributed by atoms with Crippen molar-refractivity contribution in [2.24, 2.45) is 0 Å². The fourth-order valence-corrected chi connectivity index (χ4v) is 2.09. The van der Waals surface area contributed by atoms with Crippen LogP contribution in [-0.4, -0.2) is 0 Å². The summed E-state index contributed by atoms with van der Waals surface area (Å²) in [5.41, 5.74) is 11.0. The first-order valence-corrected chi connectivity index (χ1v) is 7.86. The van der Waals surface area contributed by atoms with Crippen LogP contribution in [0.2, 0.25) is 0 Å². The van der Waals surface area contributed by atoms with Gasteiger partial charge in [-0.15, -0.1) is 0 Å². The molecule has 0 spiro atoms. The van der Waals surface area contributed by atoms with Gasteiger partial charge in [-0.05, 0) is 0 Å². The monoisotopic (exact) mass is 256 g/mol. The van der Waals surface area contributed by atoms with Crippen molar-refractivity contribution in [2.75, 3.05) is 0 Å². The zero-order chi connectivity index (χ0) is 13.9. The van der Waals surface area contributed by atoms with Gasteiger partial charge in [0.05, 0.1) is 0 Å². The molecule has 0 unspecified atom stereocenters. The van der Waals surface area contributed by atoms with E-state index in [2.05, 4.69) is 13.8 Å². The Balaban J connectivity index is 0. The summed E-state index contributed by atoms with van der Waals surface area (Å²) in [5, 5.41) is 0. The van der Waals surface area contributed by atoms with E-state index in [-0.39, 0.29) is 0 Å². The molecule has 2 N–H and O–H groups in total. The highest BCUT2D eigenvalue weighted by molar-refractivity contribution is 4.47. The molecule has 0 aliphatic rings. The largest absolute Gasteiger partial charge is 0.211 e. The summed E-state index contributed by atoms with van der Waals surface area (Å²) >= 11 is 0. The van der Waals surface area contributed by atoms with E-state index in [1.165, 1.54) is 83.5 Å². The van der Waals surface area contributed by atoms with E-state index in [4.69, 9.17) is 11.1 Å². The zero-order valence-electron chi connectivity index (χ0n) is 12.6. The number of rotatable bonds is 12. The summed E-state index contributed by atoms with van der Waals surface area (Å²) in [6.07, 6.45) is 18.9. The fraction of sp³-hybridized carbons (Fsp3) is 1.00. The zero-order valence-corrected chi connectivity index (χ0v) is 12.6. The Morgan fingerprint density at radius 1 is 0.500 bits per heavy atom. The van der Waals surface area contributed by atoms with Gasteiger partial charge in [-0.25, -0.2) is 0 Å². The maximum absolute atomic E-state index is 5.50. The summed E-state index contributed by atoms with van der Waals surface area (Å²) in [7, 11) is 0. The maximum atomic E-state index is 5.50. The minimum Gasteiger partial charge on any atom is -0.0654 e. The Morgan fingerprint density at radius 2 is 0.667 bits per heavy atom. The molecule has 0 bridgehead atoms. The van der Waals surface area contributed by atoms with Crippen LogP contribution in [0, 0.1) is 11.1 Å². The van der Waals surface area contributed by atoms with E-state index < -0.39 is 0 Å². The predicted molar refractivity (Wildman–Crippen MR) is 78.9 cm³/mol. The van der Waals surface area contributed by atoms with Crippen LogP contribution < -0.4 is 4.91 Å². The molecule has 0 amide bonds. The van der Waals surface area contributed by atoms with Crippen molar-refractivity contribution >= 4 is 0 Å². The summed E-state index contributed by atoms with van der Waals surface area (Å²) in [6, 6.07) is 0. The summed E-state index contributed by atoms with van der Waals surface area (Å²) < 4.78 is 0. The number of unbranched alkanes of at least 4 members (excludes halogenated alkanes) is 12. The van der Waals surface area contributed by atoms with Crippen LogP contribution in [-0.2, 0) is 0 Å². The van der Waals surface area contributed by atoms with Crippen LogP contribution in [0.3, 0.4) is 0 Å². The van der Waals surface area contributed by atoms with Gasteiger partial charge < -0.3 is 0 Å². The van der Waals surface area contributed by atoms with E-state index in [1.54, 1.807) is 0 Å². The van der Waals surface area contributed by atoms with Crippen molar-refractivity contribution in [3.63, 3.8) is 0 Å². The van der Waals surface area contributed by atoms with E-state index >= 15 is 0 Å². The van der Waals surface area contributed by atoms with Gasteiger partial charge in [0.1, 0.15) is 11.1 Å². The third-order valence-electron chi connectivity index (χ3n) is 3.21. The van der Waals surface area contributed by atoms with Crippen LogP contribution in [0.15, 0.2) is 0 Å². The molecule has 0 aliphatic carbocycles. The molecule has 0 aromatic rings. The van der Waals surface area contributed by atoms with Crippen molar-refractivity contribution in [3.8, 4) is 0 Å². The van der Waals surface area contributed by atoms with Gasteiger partial charge in [0.25, 0.3) is 0 Å². The second-order valence-electron chi connectivity index (χ2n) is 5.00. The lowest BCUT2D eigenvalue weighted by Crippen LogP contribution is -1.82. The van der Waals surface area contributed by atoms with Gasteiger partial charge in [-0.2, -0.15) is 0 Å². The molecule has 0 saturated heterocycles. The van der Waals surface area contributed by atoms with E-state index in [0.29, 0.717) is 0 Å². The third-order valence-corrected chi connectivity index (χ3v) is 3.21. The summed E-state index contributed by atoms with van der Waals surface area (Å²) in [5.74, 6) is 0.